The molecule has 2 fully saturated rings. The van der Waals surface area contributed by atoms with Crippen molar-refractivity contribution in [1.29, 1.82) is 0 Å². The van der Waals surface area contributed by atoms with Crippen molar-refractivity contribution < 1.29 is 27.8 Å². The molecule has 2 aliphatic heterocycles. The summed E-state index contributed by atoms with van der Waals surface area (Å²) in [5.74, 6) is -0.0482. The van der Waals surface area contributed by atoms with E-state index in [-0.39, 0.29) is 16.9 Å². The monoisotopic (exact) mass is 367 g/mol. The van der Waals surface area contributed by atoms with Gasteiger partial charge in [-0.1, -0.05) is 12.8 Å². The first kappa shape index (κ1) is 16.7. The molecule has 136 valence electrons. The van der Waals surface area contributed by atoms with Gasteiger partial charge in [0.25, 0.3) is 0 Å². The molecule has 0 amide bonds. The fourth-order valence-corrected chi connectivity index (χ4v) is 6.17. The number of fused-ring (bicyclic) bond motifs is 2. The molecular formula is C17H21NO6S. The molecule has 3 unspecified atom stereocenters. The fourth-order valence-electron chi connectivity index (χ4n) is 4.28. The molecule has 0 spiro atoms. The van der Waals surface area contributed by atoms with Gasteiger partial charge in [-0.15, -0.1) is 0 Å². The standard InChI is InChI=1S/C17H21NO6S/c19-17(20)14-9-11-3-1-2-4-13(11)18(14)25(21,22)12-5-6-15-16(10-12)24-8-7-23-15/h5-6,10-11,13-14H,1-4,7-9H2,(H,19,20). The Kier molecular flexibility index (Phi) is 4.11. The molecule has 1 saturated carbocycles. The number of hydrogen-bond acceptors (Lipinski definition) is 5. The SMILES string of the molecule is O=C(O)C1CC2CCCCC2N1S(=O)(=O)c1ccc2c(c1)OCCO2. The Bertz CT molecular complexity index is 792. The first-order chi connectivity index (χ1) is 12.0. The van der Waals surface area contributed by atoms with Gasteiger partial charge in [0.1, 0.15) is 19.3 Å². The van der Waals surface area contributed by atoms with E-state index < -0.39 is 22.0 Å². The maximum absolute atomic E-state index is 13.3. The van der Waals surface area contributed by atoms with Crippen molar-refractivity contribution in [3.63, 3.8) is 0 Å². The van der Waals surface area contributed by atoms with Crippen LogP contribution in [-0.2, 0) is 14.8 Å². The third-order valence-electron chi connectivity index (χ3n) is 5.40. The molecule has 1 N–H and O–H groups in total. The summed E-state index contributed by atoms with van der Waals surface area (Å²) in [5.41, 5.74) is 0. The van der Waals surface area contributed by atoms with Gasteiger partial charge in [0, 0.05) is 12.1 Å². The van der Waals surface area contributed by atoms with E-state index in [2.05, 4.69) is 0 Å². The molecule has 0 bridgehead atoms. The van der Waals surface area contributed by atoms with Crippen molar-refractivity contribution in [2.45, 2.75) is 49.1 Å². The number of ether oxygens (including phenoxy) is 2. The summed E-state index contributed by atoms with van der Waals surface area (Å²) in [6.07, 6.45) is 3.97. The molecule has 25 heavy (non-hydrogen) atoms. The Morgan fingerprint density at radius 1 is 1.12 bits per heavy atom. The molecule has 1 aliphatic carbocycles. The minimum absolute atomic E-state index is 0.0641. The van der Waals surface area contributed by atoms with E-state index in [4.69, 9.17) is 9.47 Å². The van der Waals surface area contributed by atoms with Gasteiger partial charge >= 0.3 is 5.97 Å². The highest BCUT2D eigenvalue weighted by atomic mass is 32.2. The third-order valence-corrected chi connectivity index (χ3v) is 7.33. The van der Waals surface area contributed by atoms with E-state index in [0.717, 1.165) is 25.7 Å². The van der Waals surface area contributed by atoms with E-state index in [0.29, 0.717) is 31.1 Å². The Hall–Kier alpha value is -1.80. The quantitative estimate of drug-likeness (QED) is 0.877. The molecule has 4 rings (SSSR count). The van der Waals surface area contributed by atoms with Crippen molar-refractivity contribution >= 4 is 16.0 Å². The van der Waals surface area contributed by atoms with Crippen LogP contribution in [0.2, 0.25) is 0 Å². The summed E-state index contributed by atoms with van der Waals surface area (Å²) in [6, 6.07) is 3.27. The van der Waals surface area contributed by atoms with Crippen LogP contribution in [0.4, 0.5) is 0 Å². The minimum Gasteiger partial charge on any atom is -0.486 e. The first-order valence-corrected chi connectivity index (χ1v) is 10.1. The zero-order valence-corrected chi connectivity index (χ0v) is 14.6. The number of rotatable bonds is 3. The third kappa shape index (κ3) is 2.77. The summed E-state index contributed by atoms with van der Waals surface area (Å²) < 4.78 is 38.7. The lowest BCUT2D eigenvalue weighted by Crippen LogP contribution is -2.46. The second-order valence-electron chi connectivity index (χ2n) is 6.84. The van der Waals surface area contributed by atoms with Gasteiger partial charge in [0.2, 0.25) is 10.0 Å². The van der Waals surface area contributed by atoms with Gasteiger partial charge in [-0.3, -0.25) is 4.79 Å². The van der Waals surface area contributed by atoms with Crippen molar-refractivity contribution in [2.75, 3.05) is 13.2 Å². The molecule has 1 aromatic rings. The summed E-state index contributed by atoms with van der Waals surface area (Å²) >= 11 is 0. The normalized spacial score (nSPS) is 29.2. The van der Waals surface area contributed by atoms with Gasteiger partial charge in [-0.2, -0.15) is 4.31 Å². The van der Waals surface area contributed by atoms with E-state index >= 15 is 0 Å². The average Bonchev–Trinajstić information content (AvgIpc) is 3.02. The van der Waals surface area contributed by atoms with Crippen LogP contribution in [0.25, 0.3) is 0 Å². The number of carboxylic acids is 1. The lowest BCUT2D eigenvalue weighted by molar-refractivity contribution is -0.141. The predicted octanol–water partition coefficient (Wildman–Crippen LogP) is 1.86. The Labute approximate surface area is 146 Å². The van der Waals surface area contributed by atoms with Gasteiger partial charge in [-0.05, 0) is 37.3 Å². The van der Waals surface area contributed by atoms with E-state index in [1.807, 2.05) is 0 Å². The largest absolute Gasteiger partial charge is 0.486 e. The molecule has 0 aromatic heterocycles. The number of nitrogens with zero attached hydrogens (tertiary/aromatic N) is 1. The van der Waals surface area contributed by atoms with E-state index in [1.54, 1.807) is 6.07 Å². The number of carbonyl (C=O) groups is 1. The number of sulfonamides is 1. The van der Waals surface area contributed by atoms with Crippen LogP contribution in [0.3, 0.4) is 0 Å². The van der Waals surface area contributed by atoms with Gasteiger partial charge in [0.05, 0.1) is 4.90 Å². The van der Waals surface area contributed by atoms with Crippen molar-refractivity contribution in [3.05, 3.63) is 18.2 Å². The maximum atomic E-state index is 13.3. The van der Waals surface area contributed by atoms with Gasteiger partial charge in [-0.25, -0.2) is 8.42 Å². The highest BCUT2D eigenvalue weighted by Crippen LogP contribution is 2.43. The molecule has 8 heteroatoms. The number of benzene rings is 1. The van der Waals surface area contributed by atoms with E-state index in [1.165, 1.54) is 16.4 Å². The van der Waals surface area contributed by atoms with Gasteiger partial charge in [0.15, 0.2) is 11.5 Å². The Morgan fingerprint density at radius 2 is 1.84 bits per heavy atom. The molecular weight excluding hydrogens is 346 g/mol. The lowest BCUT2D eigenvalue weighted by atomic mass is 9.85. The van der Waals surface area contributed by atoms with Crippen molar-refractivity contribution in [2.24, 2.45) is 5.92 Å². The van der Waals surface area contributed by atoms with Crippen LogP contribution in [-0.4, -0.2) is 49.1 Å². The first-order valence-electron chi connectivity index (χ1n) is 8.64. The molecule has 2 heterocycles. The summed E-state index contributed by atoms with van der Waals surface area (Å²) in [5, 5.41) is 9.58. The molecule has 1 aromatic carbocycles. The van der Waals surface area contributed by atoms with Crippen LogP contribution >= 0.6 is 0 Å². The van der Waals surface area contributed by atoms with Crippen LogP contribution in [0, 0.1) is 5.92 Å². The van der Waals surface area contributed by atoms with Gasteiger partial charge < -0.3 is 14.6 Å². The van der Waals surface area contributed by atoms with Crippen LogP contribution in [0.1, 0.15) is 32.1 Å². The number of aliphatic carboxylic acids is 1. The molecule has 7 nitrogen and oxygen atoms in total. The molecule has 3 atom stereocenters. The molecule has 3 aliphatic rings. The topological polar surface area (TPSA) is 93.1 Å². The van der Waals surface area contributed by atoms with Crippen LogP contribution in [0.5, 0.6) is 11.5 Å². The molecule has 0 radical (unpaired) electrons. The zero-order valence-electron chi connectivity index (χ0n) is 13.8. The Balaban J connectivity index is 1.73. The summed E-state index contributed by atoms with van der Waals surface area (Å²) in [7, 11) is -3.92. The second-order valence-corrected chi connectivity index (χ2v) is 8.69. The summed E-state index contributed by atoms with van der Waals surface area (Å²) in [6.45, 7) is 0.790. The average molecular weight is 367 g/mol. The predicted molar refractivity (Wildman–Crippen MR) is 88.2 cm³/mol. The fraction of sp³-hybridized carbons (Fsp3) is 0.588. The second kappa shape index (κ2) is 6.17. The highest BCUT2D eigenvalue weighted by molar-refractivity contribution is 7.89. The molecule has 1 saturated heterocycles. The zero-order chi connectivity index (χ0) is 17.6. The van der Waals surface area contributed by atoms with Crippen LogP contribution < -0.4 is 9.47 Å². The van der Waals surface area contributed by atoms with Crippen molar-refractivity contribution in [3.8, 4) is 11.5 Å². The number of carboxylic acid groups (broad SMARTS) is 1. The van der Waals surface area contributed by atoms with Crippen LogP contribution in [0.15, 0.2) is 23.1 Å². The number of hydrogen-bond donors (Lipinski definition) is 1. The minimum atomic E-state index is -3.92. The van der Waals surface area contributed by atoms with Crippen molar-refractivity contribution in [1.82, 2.24) is 4.31 Å². The summed E-state index contributed by atoms with van der Waals surface area (Å²) in [4.78, 5) is 11.8. The highest BCUT2D eigenvalue weighted by Gasteiger charge is 2.51. The van der Waals surface area contributed by atoms with E-state index in [9.17, 15) is 18.3 Å². The smallest absolute Gasteiger partial charge is 0.322 e. The lowest BCUT2D eigenvalue weighted by Gasteiger charge is -2.32. The maximum Gasteiger partial charge on any atom is 0.322 e. The Morgan fingerprint density at radius 3 is 2.60 bits per heavy atom.